The van der Waals surface area contributed by atoms with E-state index >= 15 is 0 Å². The highest BCUT2D eigenvalue weighted by Gasteiger charge is 2.30. The Kier molecular flexibility index (Phi) is 6.45. The summed E-state index contributed by atoms with van der Waals surface area (Å²) >= 11 is 0. The second kappa shape index (κ2) is 9.03. The van der Waals surface area contributed by atoms with Gasteiger partial charge >= 0.3 is 5.97 Å². The van der Waals surface area contributed by atoms with Crippen LogP contribution in [0, 0.1) is 6.92 Å². The van der Waals surface area contributed by atoms with Gasteiger partial charge in [-0.1, -0.05) is 12.1 Å². The summed E-state index contributed by atoms with van der Waals surface area (Å²) in [6, 6.07) is 11.4. The molecule has 158 valence electrons. The van der Waals surface area contributed by atoms with Crippen molar-refractivity contribution in [2.24, 2.45) is 0 Å². The molecule has 2 aromatic carbocycles. The third-order valence-corrected chi connectivity index (χ3v) is 5.19. The number of ketones is 1. The lowest BCUT2D eigenvalue weighted by Gasteiger charge is -2.20. The molecule has 0 amide bonds. The van der Waals surface area contributed by atoms with Crippen molar-refractivity contribution in [3.63, 3.8) is 0 Å². The quantitative estimate of drug-likeness (QED) is 0.499. The van der Waals surface area contributed by atoms with Crippen molar-refractivity contribution in [2.75, 3.05) is 25.1 Å². The molecule has 0 saturated heterocycles. The standard InChI is InChI=1S/C24H27NO5/c1-6-25(7-2)18-10-8-17(9-11-18)14-21-22(26)19-12-13-20(15(3)23(19)30-21)29-16(4)24(27)28-5/h8-14,16H,6-7H2,1-5H3/b21-14-. The average Bonchev–Trinajstić information content (AvgIpc) is 3.07. The first-order valence-corrected chi connectivity index (χ1v) is 10.1. The van der Waals surface area contributed by atoms with E-state index in [4.69, 9.17) is 14.2 Å². The van der Waals surface area contributed by atoms with Gasteiger partial charge in [0.25, 0.3) is 0 Å². The van der Waals surface area contributed by atoms with E-state index < -0.39 is 12.1 Å². The molecule has 0 radical (unpaired) electrons. The third kappa shape index (κ3) is 4.17. The molecule has 0 fully saturated rings. The van der Waals surface area contributed by atoms with Gasteiger partial charge in [-0.2, -0.15) is 0 Å². The predicted molar refractivity (Wildman–Crippen MR) is 116 cm³/mol. The fraction of sp³-hybridized carbons (Fsp3) is 0.333. The van der Waals surface area contributed by atoms with Gasteiger partial charge in [0.15, 0.2) is 11.9 Å². The Morgan fingerprint density at radius 2 is 1.80 bits per heavy atom. The zero-order valence-corrected chi connectivity index (χ0v) is 18.0. The number of rotatable bonds is 7. The first-order chi connectivity index (χ1) is 14.4. The molecule has 1 heterocycles. The number of esters is 1. The second-order valence-corrected chi connectivity index (χ2v) is 7.05. The van der Waals surface area contributed by atoms with Crippen LogP contribution in [-0.4, -0.2) is 38.1 Å². The lowest BCUT2D eigenvalue weighted by atomic mass is 10.1. The van der Waals surface area contributed by atoms with E-state index in [1.165, 1.54) is 7.11 Å². The molecular formula is C24H27NO5. The van der Waals surface area contributed by atoms with Gasteiger partial charge in [-0.05, 0) is 63.6 Å². The molecule has 0 N–H and O–H groups in total. The van der Waals surface area contributed by atoms with Crippen molar-refractivity contribution in [1.82, 2.24) is 0 Å². The van der Waals surface area contributed by atoms with Gasteiger partial charge in [0.05, 0.1) is 12.7 Å². The molecule has 0 aromatic heterocycles. The van der Waals surface area contributed by atoms with Crippen molar-refractivity contribution in [2.45, 2.75) is 33.8 Å². The zero-order valence-electron chi connectivity index (χ0n) is 18.0. The van der Waals surface area contributed by atoms with Crippen molar-refractivity contribution in [3.05, 3.63) is 58.8 Å². The van der Waals surface area contributed by atoms with Crippen LogP contribution in [0.2, 0.25) is 0 Å². The van der Waals surface area contributed by atoms with E-state index in [0.717, 1.165) is 24.3 Å². The van der Waals surface area contributed by atoms with Crippen LogP contribution in [0.4, 0.5) is 5.69 Å². The van der Waals surface area contributed by atoms with Crippen LogP contribution in [0.15, 0.2) is 42.2 Å². The zero-order chi connectivity index (χ0) is 21.8. The summed E-state index contributed by atoms with van der Waals surface area (Å²) in [7, 11) is 1.31. The summed E-state index contributed by atoms with van der Waals surface area (Å²) in [6.45, 7) is 9.52. The lowest BCUT2D eigenvalue weighted by molar-refractivity contribution is -0.147. The SMILES string of the molecule is CCN(CC)c1ccc(/C=C2\Oc3c(ccc(OC(C)C(=O)OC)c3C)C2=O)cc1. The van der Waals surface area contributed by atoms with E-state index in [-0.39, 0.29) is 11.5 Å². The summed E-state index contributed by atoms with van der Waals surface area (Å²) in [4.78, 5) is 26.7. The molecule has 0 bridgehead atoms. The van der Waals surface area contributed by atoms with Crippen molar-refractivity contribution < 1.29 is 23.8 Å². The highest BCUT2D eigenvalue weighted by Crippen LogP contribution is 2.39. The van der Waals surface area contributed by atoms with Crippen LogP contribution < -0.4 is 14.4 Å². The van der Waals surface area contributed by atoms with E-state index in [1.807, 2.05) is 24.3 Å². The van der Waals surface area contributed by atoms with Gasteiger partial charge in [-0.3, -0.25) is 4.79 Å². The first kappa shape index (κ1) is 21.4. The summed E-state index contributed by atoms with van der Waals surface area (Å²) in [5.41, 5.74) is 3.17. The van der Waals surface area contributed by atoms with Gasteiger partial charge in [0, 0.05) is 24.3 Å². The number of carbonyl (C=O) groups is 2. The second-order valence-electron chi connectivity index (χ2n) is 7.05. The average molecular weight is 409 g/mol. The molecule has 0 saturated carbocycles. The summed E-state index contributed by atoms with van der Waals surface area (Å²) in [6.07, 6.45) is 0.981. The Balaban J connectivity index is 1.83. The molecule has 1 atom stereocenters. The minimum atomic E-state index is -0.761. The molecule has 30 heavy (non-hydrogen) atoms. The fourth-order valence-electron chi connectivity index (χ4n) is 3.42. The number of hydrogen-bond donors (Lipinski definition) is 0. The number of allylic oxidation sites excluding steroid dienone is 1. The molecular weight excluding hydrogens is 382 g/mol. The Morgan fingerprint density at radius 3 is 2.40 bits per heavy atom. The number of fused-ring (bicyclic) bond motifs is 1. The molecule has 0 aliphatic carbocycles. The van der Waals surface area contributed by atoms with E-state index in [1.54, 1.807) is 32.1 Å². The highest BCUT2D eigenvalue weighted by molar-refractivity contribution is 6.15. The molecule has 3 rings (SSSR count). The normalized spacial score (nSPS) is 14.8. The van der Waals surface area contributed by atoms with E-state index in [0.29, 0.717) is 22.6 Å². The topological polar surface area (TPSA) is 65.1 Å². The Morgan fingerprint density at radius 1 is 1.13 bits per heavy atom. The smallest absolute Gasteiger partial charge is 0.346 e. The monoisotopic (exact) mass is 409 g/mol. The maximum atomic E-state index is 12.8. The predicted octanol–water partition coefficient (Wildman–Crippen LogP) is 4.40. The number of carbonyl (C=O) groups excluding carboxylic acids is 2. The van der Waals surface area contributed by atoms with Crippen LogP contribution >= 0.6 is 0 Å². The summed E-state index contributed by atoms with van der Waals surface area (Å²) < 4.78 is 16.3. The summed E-state index contributed by atoms with van der Waals surface area (Å²) in [5.74, 6) is 0.556. The van der Waals surface area contributed by atoms with Gasteiger partial charge in [-0.15, -0.1) is 0 Å². The Labute approximate surface area is 177 Å². The Hall–Kier alpha value is -3.28. The van der Waals surface area contributed by atoms with Crippen molar-refractivity contribution >= 4 is 23.5 Å². The number of anilines is 1. The molecule has 6 nitrogen and oxygen atoms in total. The summed E-state index contributed by atoms with van der Waals surface area (Å²) in [5, 5.41) is 0. The minimum absolute atomic E-state index is 0.173. The van der Waals surface area contributed by atoms with Crippen LogP contribution in [0.3, 0.4) is 0 Å². The number of ether oxygens (including phenoxy) is 3. The number of nitrogens with zero attached hydrogens (tertiary/aromatic N) is 1. The molecule has 2 aromatic rings. The molecule has 1 aliphatic rings. The fourth-order valence-corrected chi connectivity index (χ4v) is 3.42. The molecule has 1 unspecified atom stereocenters. The maximum Gasteiger partial charge on any atom is 0.346 e. The molecule has 6 heteroatoms. The number of methoxy groups -OCH3 is 1. The van der Waals surface area contributed by atoms with Crippen LogP contribution in [0.25, 0.3) is 6.08 Å². The maximum absolute atomic E-state index is 12.8. The first-order valence-electron chi connectivity index (χ1n) is 10.1. The van der Waals surface area contributed by atoms with Gasteiger partial charge in [0.1, 0.15) is 11.5 Å². The largest absolute Gasteiger partial charge is 0.479 e. The van der Waals surface area contributed by atoms with Crippen LogP contribution in [-0.2, 0) is 9.53 Å². The third-order valence-electron chi connectivity index (χ3n) is 5.19. The van der Waals surface area contributed by atoms with Gasteiger partial charge in [-0.25, -0.2) is 4.79 Å². The van der Waals surface area contributed by atoms with Crippen LogP contribution in [0.1, 0.15) is 42.3 Å². The highest BCUT2D eigenvalue weighted by atomic mass is 16.6. The number of benzene rings is 2. The molecule has 0 spiro atoms. The minimum Gasteiger partial charge on any atom is -0.479 e. The van der Waals surface area contributed by atoms with Crippen molar-refractivity contribution in [1.29, 1.82) is 0 Å². The van der Waals surface area contributed by atoms with Gasteiger partial charge < -0.3 is 19.1 Å². The number of Topliss-reactive ketones (excluding diaryl/α,β-unsaturated/α-hetero) is 1. The Bertz CT molecular complexity index is 974. The van der Waals surface area contributed by atoms with Crippen molar-refractivity contribution in [3.8, 4) is 11.5 Å². The van der Waals surface area contributed by atoms with E-state index in [2.05, 4.69) is 18.7 Å². The number of hydrogen-bond acceptors (Lipinski definition) is 6. The van der Waals surface area contributed by atoms with Gasteiger partial charge in [0.2, 0.25) is 5.78 Å². The lowest BCUT2D eigenvalue weighted by Crippen LogP contribution is -2.25. The van der Waals surface area contributed by atoms with Crippen LogP contribution in [0.5, 0.6) is 11.5 Å². The van der Waals surface area contributed by atoms with E-state index in [9.17, 15) is 9.59 Å². The molecule has 1 aliphatic heterocycles.